The summed E-state index contributed by atoms with van der Waals surface area (Å²) >= 11 is 0. The van der Waals surface area contributed by atoms with Crippen LogP contribution in [-0.2, 0) is 27.1 Å². The molecule has 0 amide bonds. The van der Waals surface area contributed by atoms with Gasteiger partial charge in [0.05, 0.1) is 12.1 Å². The van der Waals surface area contributed by atoms with Crippen LogP contribution in [0.2, 0.25) is 0 Å². The van der Waals surface area contributed by atoms with Gasteiger partial charge in [-0.15, -0.1) is 0 Å². The van der Waals surface area contributed by atoms with E-state index in [1.807, 2.05) is 0 Å². The molecule has 0 unspecified atom stereocenters. The van der Waals surface area contributed by atoms with E-state index >= 15 is 0 Å². The quantitative estimate of drug-likeness (QED) is 0.540. The zero-order chi connectivity index (χ0) is 21.0. The first-order valence-corrected chi connectivity index (χ1v) is 8.93. The molecule has 0 bridgehead atoms. The van der Waals surface area contributed by atoms with Crippen molar-refractivity contribution in [3.05, 3.63) is 72.4 Å². The van der Waals surface area contributed by atoms with Gasteiger partial charge in [-0.1, -0.05) is 19.1 Å². The van der Waals surface area contributed by atoms with Gasteiger partial charge >= 0.3 is 5.69 Å². The molecule has 0 spiro atoms. The van der Waals surface area contributed by atoms with Gasteiger partial charge < -0.3 is 5.11 Å². The van der Waals surface area contributed by atoms with E-state index < -0.39 is 22.6 Å². The van der Waals surface area contributed by atoms with Crippen LogP contribution in [0.5, 0.6) is 5.88 Å². The molecule has 0 atom stereocenters. The number of halogens is 1. The molecular formula is C19H18FN5O4. The van der Waals surface area contributed by atoms with E-state index in [2.05, 4.69) is 4.98 Å². The lowest BCUT2D eigenvalue weighted by molar-refractivity contribution is 0.412. The van der Waals surface area contributed by atoms with E-state index in [0.29, 0.717) is 5.56 Å². The van der Waals surface area contributed by atoms with Crippen molar-refractivity contribution in [2.45, 2.75) is 19.9 Å². The Morgan fingerprint density at radius 1 is 1.03 bits per heavy atom. The fourth-order valence-corrected chi connectivity index (χ4v) is 3.47. The molecule has 150 valence electrons. The molecule has 0 saturated carbocycles. The molecule has 0 saturated heterocycles. The molecule has 9 nitrogen and oxygen atoms in total. The molecule has 0 aliphatic heterocycles. The lowest BCUT2D eigenvalue weighted by atomic mass is 10.2. The smallest absolute Gasteiger partial charge is 0.332 e. The predicted molar refractivity (Wildman–Crippen MR) is 104 cm³/mol. The summed E-state index contributed by atoms with van der Waals surface area (Å²) in [6.07, 6.45) is 0.218. The molecule has 1 aromatic carbocycles. The van der Waals surface area contributed by atoms with Crippen molar-refractivity contribution in [2.24, 2.45) is 14.1 Å². The van der Waals surface area contributed by atoms with Gasteiger partial charge in [-0.2, -0.15) is 4.98 Å². The van der Waals surface area contributed by atoms with Crippen molar-refractivity contribution in [3.8, 4) is 5.88 Å². The highest BCUT2D eigenvalue weighted by Crippen LogP contribution is 2.21. The molecule has 4 rings (SSSR count). The van der Waals surface area contributed by atoms with Gasteiger partial charge in [0, 0.05) is 14.1 Å². The average Bonchev–Trinajstić information content (AvgIpc) is 3.11. The minimum atomic E-state index is -0.659. The Morgan fingerprint density at radius 2 is 1.69 bits per heavy atom. The van der Waals surface area contributed by atoms with Gasteiger partial charge in [-0.25, -0.2) is 13.6 Å². The SMILES string of the molecule is CCc1c(O)n(Cc2ccc(F)cc2)c2nc3c(c(=O)n(C)c(=O)n3C)n2c1=O. The van der Waals surface area contributed by atoms with Gasteiger partial charge in [0.15, 0.2) is 11.2 Å². The topological polar surface area (TPSA) is 104 Å². The number of hydrogen-bond acceptors (Lipinski definition) is 5. The van der Waals surface area contributed by atoms with Gasteiger partial charge in [0.1, 0.15) is 5.82 Å². The number of benzene rings is 1. The van der Waals surface area contributed by atoms with E-state index in [4.69, 9.17) is 0 Å². The fraction of sp³-hybridized carbons (Fsp3) is 0.263. The summed E-state index contributed by atoms with van der Waals surface area (Å²) in [6, 6.07) is 5.67. The zero-order valence-corrected chi connectivity index (χ0v) is 16.0. The van der Waals surface area contributed by atoms with Crippen LogP contribution >= 0.6 is 0 Å². The molecule has 0 fully saturated rings. The molecule has 3 aromatic heterocycles. The van der Waals surface area contributed by atoms with Crippen LogP contribution < -0.4 is 16.8 Å². The fourth-order valence-electron chi connectivity index (χ4n) is 3.47. The van der Waals surface area contributed by atoms with Gasteiger partial charge in [-0.05, 0) is 24.1 Å². The molecule has 10 heteroatoms. The minimum Gasteiger partial charge on any atom is -0.494 e. The van der Waals surface area contributed by atoms with Crippen LogP contribution in [0.3, 0.4) is 0 Å². The third kappa shape index (κ3) is 2.59. The van der Waals surface area contributed by atoms with Crippen molar-refractivity contribution in [2.75, 3.05) is 0 Å². The highest BCUT2D eigenvalue weighted by molar-refractivity contribution is 5.75. The summed E-state index contributed by atoms with van der Waals surface area (Å²) < 4.78 is 17.8. The average molecular weight is 399 g/mol. The van der Waals surface area contributed by atoms with E-state index in [9.17, 15) is 23.9 Å². The Balaban J connectivity index is 2.19. The molecule has 0 radical (unpaired) electrons. The van der Waals surface area contributed by atoms with E-state index in [1.165, 1.54) is 35.4 Å². The number of aromatic hydroxyl groups is 1. The summed E-state index contributed by atoms with van der Waals surface area (Å²) in [6.45, 7) is 1.79. The minimum absolute atomic E-state index is 0.0160. The Kier molecular flexibility index (Phi) is 4.14. The highest BCUT2D eigenvalue weighted by atomic mass is 19.1. The Labute approximate surface area is 162 Å². The highest BCUT2D eigenvalue weighted by Gasteiger charge is 2.23. The van der Waals surface area contributed by atoms with E-state index in [0.717, 1.165) is 8.97 Å². The number of hydrogen-bond donors (Lipinski definition) is 1. The second-order valence-electron chi connectivity index (χ2n) is 6.80. The zero-order valence-electron chi connectivity index (χ0n) is 16.0. The van der Waals surface area contributed by atoms with Crippen LogP contribution in [-0.4, -0.2) is 28.2 Å². The van der Waals surface area contributed by atoms with Gasteiger partial charge in [-0.3, -0.25) is 23.3 Å². The molecule has 0 aliphatic carbocycles. The Morgan fingerprint density at radius 3 is 2.31 bits per heavy atom. The summed E-state index contributed by atoms with van der Waals surface area (Å²) in [4.78, 5) is 42.4. The Hall–Kier alpha value is -3.69. The van der Waals surface area contributed by atoms with Crippen molar-refractivity contribution >= 4 is 16.9 Å². The first kappa shape index (κ1) is 18.7. The maximum atomic E-state index is 13.3. The van der Waals surface area contributed by atoms with Crippen LogP contribution in [0.15, 0.2) is 38.6 Å². The number of rotatable bonds is 3. The molecule has 0 aliphatic rings. The van der Waals surface area contributed by atoms with Gasteiger partial charge in [0.2, 0.25) is 11.7 Å². The predicted octanol–water partition coefficient (Wildman–Crippen LogP) is 0.502. The van der Waals surface area contributed by atoms with E-state index in [1.54, 1.807) is 19.1 Å². The monoisotopic (exact) mass is 399 g/mol. The second-order valence-corrected chi connectivity index (χ2v) is 6.80. The van der Waals surface area contributed by atoms with Crippen molar-refractivity contribution in [1.82, 2.24) is 23.1 Å². The summed E-state index contributed by atoms with van der Waals surface area (Å²) in [5.41, 5.74) is -1.06. The van der Waals surface area contributed by atoms with E-state index in [-0.39, 0.29) is 41.4 Å². The molecule has 1 N–H and O–H groups in total. The summed E-state index contributed by atoms with van der Waals surface area (Å²) in [5, 5.41) is 10.7. The number of aryl methyl sites for hydroxylation is 1. The normalized spacial score (nSPS) is 11.6. The lowest BCUT2D eigenvalue weighted by Gasteiger charge is -2.14. The number of nitrogens with zero attached hydrogens (tertiary/aromatic N) is 5. The number of fused-ring (bicyclic) bond motifs is 3. The van der Waals surface area contributed by atoms with Crippen LogP contribution in [0, 0.1) is 5.82 Å². The number of aromatic nitrogens is 5. The molecule has 29 heavy (non-hydrogen) atoms. The van der Waals surface area contributed by atoms with Crippen LogP contribution in [0.4, 0.5) is 4.39 Å². The third-order valence-electron chi connectivity index (χ3n) is 5.08. The molecular weight excluding hydrogens is 381 g/mol. The first-order chi connectivity index (χ1) is 13.8. The van der Waals surface area contributed by atoms with Crippen molar-refractivity contribution in [3.63, 3.8) is 0 Å². The maximum Gasteiger partial charge on any atom is 0.332 e. The molecule has 4 aromatic rings. The van der Waals surface area contributed by atoms with Crippen molar-refractivity contribution < 1.29 is 9.50 Å². The third-order valence-corrected chi connectivity index (χ3v) is 5.08. The standard InChI is InChI=1S/C19H18FN5O4/c1-4-12-15(26)24(9-10-5-7-11(20)8-6-10)18-21-14-13(25(18)16(12)27)17(28)23(3)19(29)22(14)2/h5-8,26H,4,9H2,1-3H3. The van der Waals surface area contributed by atoms with Crippen molar-refractivity contribution in [1.29, 1.82) is 0 Å². The number of imidazole rings is 1. The van der Waals surface area contributed by atoms with Gasteiger partial charge in [0.25, 0.3) is 11.1 Å². The van der Waals surface area contributed by atoms with Crippen LogP contribution in [0.25, 0.3) is 16.9 Å². The summed E-state index contributed by atoms with van der Waals surface area (Å²) in [5.74, 6) is -0.670. The lowest BCUT2D eigenvalue weighted by Crippen LogP contribution is -2.38. The largest absolute Gasteiger partial charge is 0.494 e. The first-order valence-electron chi connectivity index (χ1n) is 8.93. The maximum absolute atomic E-state index is 13.3. The van der Waals surface area contributed by atoms with Crippen LogP contribution in [0.1, 0.15) is 18.1 Å². The Bertz CT molecular complexity index is 1460. The second kappa shape index (κ2) is 6.43. The molecule has 3 heterocycles. The summed E-state index contributed by atoms with van der Waals surface area (Å²) in [7, 11) is 2.77.